The summed E-state index contributed by atoms with van der Waals surface area (Å²) in [6.45, 7) is 5.61. The fraction of sp³-hybridized carbons (Fsp3) is 0.333. The van der Waals surface area contributed by atoms with E-state index in [2.05, 4.69) is 10.5 Å². The van der Waals surface area contributed by atoms with Crippen molar-refractivity contribution in [3.05, 3.63) is 34.9 Å². The van der Waals surface area contributed by atoms with Crippen molar-refractivity contribution in [2.75, 3.05) is 5.32 Å². The van der Waals surface area contributed by atoms with E-state index in [4.69, 9.17) is 14.0 Å². The highest BCUT2D eigenvalue weighted by atomic mass is 16.5. The lowest BCUT2D eigenvalue weighted by molar-refractivity contribution is 0.0663. The number of aromatic carboxylic acids is 1. The summed E-state index contributed by atoms with van der Waals surface area (Å²) in [4.78, 5) is 10.7. The summed E-state index contributed by atoms with van der Waals surface area (Å²) in [6.07, 6.45) is 0. The predicted molar refractivity (Wildman–Crippen MR) is 63.7 cm³/mol. The Hall–Kier alpha value is -2.24. The van der Waals surface area contributed by atoms with Gasteiger partial charge in [0, 0.05) is 11.6 Å². The van der Waals surface area contributed by atoms with Crippen molar-refractivity contribution in [1.29, 1.82) is 0 Å². The normalized spacial score (nSPS) is 12.4. The molecule has 2 N–H and O–H groups in total. The van der Waals surface area contributed by atoms with Crippen LogP contribution in [0.25, 0.3) is 0 Å². The molecule has 0 amide bonds. The summed E-state index contributed by atoms with van der Waals surface area (Å²) in [7, 11) is 0. The maximum absolute atomic E-state index is 10.7. The van der Waals surface area contributed by atoms with Crippen LogP contribution in [0.2, 0.25) is 0 Å². The predicted octanol–water partition coefficient (Wildman–Crippen LogP) is 2.76. The van der Waals surface area contributed by atoms with Crippen LogP contribution >= 0.6 is 0 Å². The zero-order chi connectivity index (χ0) is 13.3. The first kappa shape index (κ1) is 12.2. The van der Waals surface area contributed by atoms with Crippen molar-refractivity contribution in [1.82, 2.24) is 5.16 Å². The second-order valence-corrected chi connectivity index (χ2v) is 4.07. The second-order valence-electron chi connectivity index (χ2n) is 4.07. The van der Waals surface area contributed by atoms with Crippen LogP contribution in [0.5, 0.6) is 0 Å². The van der Waals surface area contributed by atoms with Crippen LogP contribution in [0, 0.1) is 13.8 Å². The van der Waals surface area contributed by atoms with Gasteiger partial charge in [0.15, 0.2) is 5.88 Å². The maximum Gasteiger partial charge on any atom is 0.371 e. The van der Waals surface area contributed by atoms with Gasteiger partial charge in [-0.3, -0.25) is 0 Å². The van der Waals surface area contributed by atoms with Gasteiger partial charge in [0.1, 0.15) is 5.76 Å². The van der Waals surface area contributed by atoms with Gasteiger partial charge in [-0.25, -0.2) is 4.79 Å². The molecule has 1 unspecified atom stereocenters. The van der Waals surface area contributed by atoms with Crippen LogP contribution in [0.15, 0.2) is 21.1 Å². The third-order valence-electron chi connectivity index (χ3n) is 2.70. The molecule has 0 saturated carbocycles. The number of rotatable bonds is 4. The van der Waals surface area contributed by atoms with Gasteiger partial charge in [-0.2, -0.15) is 0 Å². The van der Waals surface area contributed by atoms with Crippen molar-refractivity contribution >= 4 is 11.9 Å². The number of hydrogen-bond donors (Lipinski definition) is 2. The Morgan fingerprint density at radius 1 is 1.44 bits per heavy atom. The van der Waals surface area contributed by atoms with Crippen molar-refractivity contribution in [3.63, 3.8) is 0 Å². The molecule has 6 heteroatoms. The quantitative estimate of drug-likeness (QED) is 0.867. The molecule has 6 nitrogen and oxygen atoms in total. The summed E-state index contributed by atoms with van der Waals surface area (Å²) in [5.74, 6) is -0.0473. The standard InChI is InChI=1S/C12H14N2O4/c1-6(11-7(2)14-18-8(11)3)13-10-5-4-9(17-10)12(15)16/h4-6,13H,1-3H3,(H,15,16). The molecule has 0 spiro atoms. The highest BCUT2D eigenvalue weighted by molar-refractivity contribution is 5.84. The van der Waals surface area contributed by atoms with Crippen LogP contribution < -0.4 is 5.32 Å². The molecule has 2 rings (SSSR count). The van der Waals surface area contributed by atoms with Crippen LogP contribution in [0.1, 0.15) is 40.5 Å². The monoisotopic (exact) mass is 250 g/mol. The Balaban J connectivity index is 2.16. The van der Waals surface area contributed by atoms with E-state index in [1.165, 1.54) is 6.07 Å². The molecule has 96 valence electrons. The first-order chi connectivity index (χ1) is 8.49. The van der Waals surface area contributed by atoms with Crippen LogP contribution in [0.3, 0.4) is 0 Å². The molecular formula is C12H14N2O4. The summed E-state index contributed by atoms with van der Waals surface area (Å²) < 4.78 is 10.2. The number of carboxylic acid groups (broad SMARTS) is 1. The number of aromatic nitrogens is 1. The SMILES string of the molecule is Cc1noc(C)c1C(C)Nc1ccc(C(=O)O)o1. The summed E-state index contributed by atoms with van der Waals surface area (Å²) >= 11 is 0. The Labute approximate surface area is 104 Å². The van der Waals surface area contributed by atoms with E-state index in [9.17, 15) is 4.79 Å². The molecular weight excluding hydrogens is 236 g/mol. The maximum atomic E-state index is 10.7. The average molecular weight is 250 g/mol. The molecule has 18 heavy (non-hydrogen) atoms. The Kier molecular flexibility index (Phi) is 3.10. The van der Waals surface area contributed by atoms with Crippen LogP contribution in [0.4, 0.5) is 5.88 Å². The molecule has 0 aliphatic heterocycles. The topological polar surface area (TPSA) is 88.5 Å². The molecule has 0 radical (unpaired) electrons. The van der Waals surface area contributed by atoms with Gasteiger partial charge < -0.3 is 19.4 Å². The van der Waals surface area contributed by atoms with Gasteiger partial charge in [0.05, 0.1) is 11.7 Å². The minimum absolute atomic E-state index is 0.0796. The van der Waals surface area contributed by atoms with Crippen LogP contribution in [-0.2, 0) is 0 Å². The molecule has 0 aliphatic carbocycles. The summed E-state index contributed by atoms with van der Waals surface area (Å²) in [5, 5.41) is 15.7. The molecule has 0 fully saturated rings. The number of carboxylic acids is 1. The fourth-order valence-corrected chi connectivity index (χ4v) is 1.92. The average Bonchev–Trinajstić information content (AvgIpc) is 2.86. The number of aryl methyl sites for hydroxylation is 2. The van der Waals surface area contributed by atoms with Gasteiger partial charge in [-0.1, -0.05) is 5.16 Å². The number of carbonyl (C=O) groups is 1. The molecule has 0 aromatic carbocycles. The highest BCUT2D eigenvalue weighted by Crippen LogP contribution is 2.25. The Bertz CT molecular complexity index is 551. The highest BCUT2D eigenvalue weighted by Gasteiger charge is 2.18. The van der Waals surface area contributed by atoms with Crippen molar-refractivity contribution in [3.8, 4) is 0 Å². The van der Waals surface area contributed by atoms with Gasteiger partial charge in [0.2, 0.25) is 5.76 Å². The lowest BCUT2D eigenvalue weighted by atomic mass is 10.1. The van der Waals surface area contributed by atoms with E-state index in [-0.39, 0.29) is 11.8 Å². The molecule has 0 bridgehead atoms. The zero-order valence-corrected chi connectivity index (χ0v) is 10.4. The minimum atomic E-state index is -1.09. The number of nitrogens with one attached hydrogen (secondary N) is 1. The molecule has 0 aliphatic rings. The molecule has 2 aromatic rings. The first-order valence-electron chi connectivity index (χ1n) is 5.51. The van der Waals surface area contributed by atoms with Gasteiger partial charge in [-0.15, -0.1) is 0 Å². The van der Waals surface area contributed by atoms with E-state index >= 15 is 0 Å². The molecule has 2 heterocycles. The van der Waals surface area contributed by atoms with Crippen molar-refractivity contribution in [2.24, 2.45) is 0 Å². The fourth-order valence-electron chi connectivity index (χ4n) is 1.92. The number of anilines is 1. The van der Waals surface area contributed by atoms with Crippen molar-refractivity contribution in [2.45, 2.75) is 26.8 Å². The third-order valence-corrected chi connectivity index (χ3v) is 2.70. The van der Waals surface area contributed by atoms with Gasteiger partial charge in [-0.05, 0) is 26.8 Å². The van der Waals surface area contributed by atoms with E-state index in [1.54, 1.807) is 6.07 Å². The Morgan fingerprint density at radius 2 is 2.17 bits per heavy atom. The smallest absolute Gasteiger partial charge is 0.371 e. The van der Waals surface area contributed by atoms with E-state index < -0.39 is 5.97 Å². The summed E-state index contributed by atoms with van der Waals surface area (Å²) in [6, 6.07) is 2.91. The number of nitrogens with zero attached hydrogens (tertiary/aromatic N) is 1. The van der Waals surface area contributed by atoms with Gasteiger partial charge >= 0.3 is 5.97 Å². The zero-order valence-electron chi connectivity index (χ0n) is 10.4. The Morgan fingerprint density at radius 3 is 2.67 bits per heavy atom. The lowest BCUT2D eigenvalue weighted by Crippen LogP contribution is -2.07. The van der Waals surface area contributed by atoms with Gasteiger partial charge in [0.25, 0.3) is 0 Å². The van der Waals surface area contributed by atoms with Crippen LogP contribution in [-0.4, -0.2) is 16.2 Å². The number of hydrogen-bond acceptors (Lipinski definition) is 5. The molecule has 0 saturated heterocycles. The molecule has 1 atom stereocenters. The number of furan rings is 1. The minimum Gasteiger partial charge on any atom is -0.475 e. The summed E-state index contributed by atoms with van der Waals surface area (Å²) in [5.41, 5.74) is 1.75. The largest absolute Gasteiger partial charge is 0.475 e. The van der Waals surface area contributed by atoms with Crippen molar-refractivity contribution < 1.29 is 18.8 Å². The third kappa shape index (κ3) is 2.22. The van der Waals surface area contributed by atoms with E-state index in [0.29, 0.717) is 5.88 Å². The molecule has 2 aromatic heterocycles. The van der Waals surface area contributed by atoms with E-state index in [1.807, 2.05) is 20.8 Å². The lowest BCUT2D eigenvalue weighted by Gasteiger charge is -2.12. The van der Waals surface area contributed by atoms with E-state index in [0.717, 1.165) is 17.0 Å². The first-order valence-corrected chi connectivity index (χ1v) is 5.51. The second kappa shape index (κ2) is 4.56.